The molecule has 0 saturated carbocycles. The molecule has 3 rings (SSSR count). The zero-order valence-corrected chi connectivity index (χ0v) is 15.6. The van der Waals surface area contributed by atoms with Gasteiger partial charge in [-0.25, -0.2) is 0 Å². The minimum absolute atomic E-state index is 0.0395. The second kappa shape index (κ2) is 8.15. The molecule has 0 saturated heterocycles. The first-order valence-corrected chi connectivity index (χ1v) is 9.64. The summed E-state index contributed by atoms with van der Waals surface area (Å²) in [5, 5.41) is 13.5. The van der Waals surface area contributed by atoms with E-state index < -0.39 is 5.91 Å². The molecule has 0 aliphatic rings. The van der Waals surface area contributed by atoms with Crippen LogP contribution in [0.25, 0.3) is 10.7 Å². The molecule has 9 heteroatoms. The lowest BCUT2D eigenvalue weighted by Gasteiger charge is -2.08. The van der Waals surface area contributed by atoms with Crippen molar-refractivity contribution in [2.45, 2.75) is 18.6 Å². The van der Waals surface area contributed by atoms with Crippen LogP contribution >= 0.6 is 23.1 Å². The predicted octanol–water partition coefficient (Wildman–Crippen LogP) is 2.53. The number of aromatic nitrogens is 3. The molecule has 0 radical (unpaired) electrons. The van der Waals surface area contributed by atoms with Crippen LogP contribution in [0.5, 0.6) is 0 Å². The molecule has 1 aromatic carbocycles. The summed E-state index contributed by atoms with van der Waals surface area (Å²) in [5.74, 6) is 0.0637. The lowest BCUT2D eigenvalue weighted by Crippen LogP contribution is -2.20. The molecular weight excluding hydrogens is 370 g/mol. The van der Waals surface area contributed by atoms with Crippen molar-refractivity contribution in [3.63, 3.8) is 0 Å². The van der Waals surface area contributed by atoms with E-state index in [1.807, 2.05) is 48.7 Å². The van der Waals surface area contributed by atoms with Crippen LogP contribution in [-0.4, -0.2) is 32.3 Å². The maximum absolute atomic E-state index is 12.2. The summed E-state index contributed by atoms with van der Waals surface area (Å²) in [6, 6.07) is 11.3. The van der Waals surface area contributed by atoms with Crippen molar-refractivity contribution >= 4 is 40.6 Å². The van der Waals surface area contributed by atoms with Crippen molar-refractivity contribution in [3.05, 3.63) is 47.3 Å². The maximum Gasteiger partial charge on any atom is 0.237 e. The molecule has 2 aromatic heterocycles. The highest BCUT2D eigenvalue weighted by molar-refractivity contribution is 7.99. The highest BCUT2D eigenvalue weighted by Gasteiger charge is 2.17. The van der Waals surface area contributed by atoms with Gasteiger partial charge < -0.3 is 11.1 Å². The van der Waals surface area contributed by atoms with Gasteiger partial charge in [-0.15, -0.1) is 21.5 Å². The summed E-state index contributed by atoms with van der Waals surface area (Å²) in [6.07, 6.45) is 0. The van der Waals surface area contributed by atoms with Crippen LogP contribution in [0, 0.1) is 6.92 Å². The minimum Gasteiger partial charge on any atom is -0.368 e. The first-order valence-electron chi connectivity index (χ1n) is 7.77. The van der Waals surface area contributed by atoms with E-state index in [0.717, 1.165) is 16.1 Å². The van der Waals surface area contributed by atoms with Crippen molar-refractivity contribution < 1.29 is 9.59 Å². The number of thiophene rings is 1. The van der Waals surface area contributed by atoms with Crippen molar-refractivity contribution in [3.8, 4) is 10.7 Å². The summed E-state index contributed by atoms with van der Waals surface area (Å²) in [4.78, 5) is 24.5. The fourth-order valence-electron chi connectivity index (χ4n) is 2.25. The molecule has 0 atom stereocenters. The summed E-state index contributed by atoms with van der Waals surface area (Å²) in [7, 11) is 0. The highest BCUT2D eigenvalue weighted by atomic mass is 32.2. The van der Waals surface area contributed by atoms with Crippen LogP contribution in [0.15, 0.2) is 46.9 Å². The van der Waals surface area contributed by atoms with Gasteiger partial charge in [-0.3, -0.25) is 14.2 Å². The average molecular weight is 387 g/mol. The van der Waals surface area contributed by atoms with Crippen LogP contribution in [-0.2, 0) is 16.1 Å². The fraction of sp³-hybridized carbons (Fsp3) is 0.176. The molecule has 26 heavy (non-hydrogen) atoms. The van der Waals surface area contributed by atoms with Crippen LogP contribution < -0.4 is 11.1 Å². The Labute approximate surface area is 158 Å². The second-order valence-corrected chi connectivity index (χ2v) is 7.43. The Bertz CT molecular complexity index is 904. The van der Waals surface area contributed by atoms with Crippen LogP contribution in [0.3, 0.4) is 0 Å². The molecule has 2 heterocycles. The van der Waals surface area contributed by atoms with Gasteiger partial charge in [-0.1, -0.05) is 35.5 Å². The molecule has 0 bridgehead atoms. The number of nitrogens with one attached hydrogen (secondary N) is 1. The molecule has 3 N–H and O–H groups in total. The molecule has 0 fully saturated rings. The molecule has 0 spiro atoms. The number of hydrogen-bond donors (Lipinski definition) is 2. The molecule has 0 aliphatic heterocycles. The largest absolute Gasteiger partial charge is 0.368 e. The molecule has 0 unspecified atom stereocenters. The topological polar surface area (TPSA) is 103 Å². The summed E-state index contributed by atoms with van der Waals surface area (Å²) in [6.45, 7) is 1.94. The number of hydrogen-bond acceptors (Lipinski definition) is 6. The van der Waals surface area contributed by atoms with E-state index in [-0.39, 0.29) is 18.2 Å². The number of nitrogens with two attached hydrogens (primary N) is 1. The standard InChI is InChI=1S/C17H17N5O2S2/c1-11-4-6-12(7-5-11)19-15(24)10-26-17-21-20-16(13-3-2-8-25-13)22(17)9-14(18)23/h2-8H,9-10H2,1H3,(H2,18,23)(H,19,24). The fourth-order valence-corrected chi connectivity index (χ4v) is 3.70. The SMILES string of the molecule is Cc1ccc(NC(=O)CSc2nnc(-c3cccs3)n2CC(N)=O)cc1. The third-order valence-corrected chi connectivity index (χ3v) is 5.27. The highest BCUT2D eigenvalue weighted by Crippen LogP contribution is 2.27. The van der Waals surface area contributed by atoms with Gasteiger partial charge in [-0.2, -0.15) is 0 Å². The number of rotatable bonds is 7. The van der Waals surface area contributed by atoms with E-state index >= 15 is 0 Å². The first kappa shape index (κ1) is 18.2. The van der Waals surface area contributed by atoms with E-state index in [9.17, 15) is 9.59 Å². The number of aryl methyl sites for hydroxylation is 1. The second-order valence-electron chi connectivity index (χ2n) is 5.54. The van der Waals surface area contributed by atoms with Gasteiger partial charge in [0.05, 0.1) is 10.6 Å². The zero-order chi connectivity index (χ0) is 18.5. The van der Waals surface area contributed by atoms with E-state index in [1.165, 1.54) is 23.1 Å². The number of nitrogens with zero attached hydrogens (tertiary/aromatic N) is 3. The lowest BCUT2D eigenvalue weighted by atomic mass is 10.2. The van der Waals surface area contributed by atoms with Gasteiger partial charge in [0.25, 0.3) is 0 Å². The lowest BCUT2D eigenvalue weighted by molar-refractivity contribution is -0.118. The molecule has 134 valence electrons. The van der Waals surface area contributed by atoms with Crippen LogP contribution in [0.1, 0.15) is 5.56 Å². The van der Waals surface area contributed by atoms with Crippen molar-refractivity contribution in [1.82, 2.24) is 14.8 Å². The van der Waals surface area contributed by atoms with Gasteiger partial charge in [0, 0.05) is 5.69 Å². The molecule has 0 aliphatic carbocycles. The Hall–Kier alpha value is -2.65. The predicted molar refractivity (Wildman–Crippen MR) is 103 cm³/mol. The maximum atomic E-state index is 12.2. The summed E-state index contributed by atoms with van der Waals surface area (Å²) >= 11 is 2.71. The third-order valence-electron chi connectivity index (χ3n) is 3.44. The Kier molecular flexibility index (Phi) is 5.69. The minimum atomic E-state index is -0.492. The summed E-state index contributed by atoms with van der Waals surface area (Å²) in [5.41, 5.74) is 7.20. The number of carbonyl (C=O) groups is 2. The Morgan fingerprint density at radius 3 is 2.65 bits per heavy atom. The van der Waals surface area contributed by atoms with Crippen LogP contribution in [0.4, 0.5) is 5.69 Å². The number of primary amides is 1. The van der Waals surface area contributed by atoms with Crippen molar-refractivity contribution in [1.29, 1.82) is 0 Å². The Morgan fingerprint density at radius 2 is 2.00 bits per heavy atom. The molecule has 7 nitrogen and oxygen atoms in total. The van der Waals surface area contributed by atoms with Crippen LogP contribution in [0.2, 0.25) is 0 Å². The number of amides is 2. The normalized spacial score (nSPS) is 10.7. The number of benzene rings is 1. The number of carbonyl (C=O) groups excluding carboxylic acids is 2. The van der Waals surface area contributed by atoms with E-state index in [1.54, 1.807) is 4.57 Å². The molecule has 3 aromatic rings. The zero-order valence-electron chi connectivity index (χ0n) is 14.0. The Balaban J connectivity index is 1.70. The number of anilines is 1. The number of thioether (sulfide) groups is 1. The Morgan fingerprint density at radius 1 is 1.23 bits per heavy atom. The molecular formula is C17H17N5O2S2. The van der Waals surface area contributed by atoms with Gasteiger partial charge in [0.2, 0.25) is 11.8 Å². The van der Waals surface area contributed by atoms with Crippen molar-refractivity contribution in [2.75, 3.05) is 11.1 Å². The van der Waals surface area contributed by atoms with Gasteiger partial charge in [0.1, 0.15) is 6.54 Å². The van der Waals surface area contributed by atoms with E-state index in [4.69, 9.17) is 5.73 Å². The summed E-state index contributed by atoms with van der Waals surface area (Å²) < 4.78 is 1.64. The smallest absolute Gasteiger partial charge is 0.237 e. The van der Waals surface area contributed by atoms with Gasteiger partial charge in [0.15, 0.2) is 11.0 Å². The third kappa shape index (κ3) is 4.50. The van der Waals surface area contributed by atoms with E-state index in [0.29, 0.717) is 11.0 Å². The van der Waals surface area contributed by atoms with Gasteiger partial charge >= 0.3 is 0 Å². The first-order chi connectivity index (χ1) is 12.5. The monoisotopic (exact) mass is 387 g/mol. The van der Waals surface area contributed by atoms with Gasteiger partial charge in [-0.05, 0) is 30.5 Å². The quantitative estimate of drug-likeness (QED) is 0.607. The van der Waals surface area contributed by atoms with Crippen molar-refractivity contribution in [2.24, 2.45) is 5.73 Å². The van der Waals surface area contributed by atoms with E-state index in [2.05, 4.69) is 15.5 Å². The molecule has 2 amide bonds. The average Bonchev–Trinajstić information content (AvgIpc) is 3.24.